The molecule has 0 saturated heterocycles. The minimum atomic E-state index is 0.301. The summed E-state index contributed by atoms with van der Waals surface area (Å²) in [4.78, 5) is 0. The third kappa shape index (κ3) is 1.31. The fourth-order valence-corrected chi connectivity index (χ4v) is 2.35. The number of hydrogen-bond donors (Lipinski definition) is 1. The Kier molecular flexibility index (Phi) is 2.94. The molecule has 1 nitrogen and oxygen atoms in total. The van der Waals surface area contributed by atoms with Gasteiger partial charge in [-0.15, -0.1) is 0 Å². The maximum Gasteiger partial charge on any atom is 0.0396 e. The van der Waals surface area contributed by atoms with Crippen LogP contribution in [0, 0.1) is 5.92 Å². The van der Waals surface area contributed by atoms with Crippen molar-refractivity contribution < 1.29 is 0 Å². The lowest BCUT2D eigenvalue weighted by Gasteiger charge is -2.50. The van der Waals surface area contributed by atoms with Gasteiger partial charge in [0.25, 0.3) is 0 Å². The summed E-state index contributed by atoms with van der Waals surface area (Å²) in [5.74, 6) is 0.781. The van der Waals surface area contributed by atoms with Gasteiger partial charge in [0.15, 0.2) is 0 Å². The van der Waals surface area contributed by atoms with Crippen LogP contribution in [0.2, 0.25) is 0 Å². The fraction of sp³-hybridized carbons (Fsp3) is 0.818. The Bertz CT molecular complexity index is 174. The monoisotopic (exact) mass is 167 g/mol. The highest BCUT2D eigenvalue weighted by atomic mass is 15.0. The van der Waals surface area contributed by atoms with Crippen molar-refractivity contribution in [2.45, 2.75) is 45.6 Å². The van der Waals surface area contributed by atoms with E-state index < -0.39 is 0 Å². The molecule has 0 aromatic carbocycles. The van der Waals surface area contributed by atoms with Crippen LogP contribution in [0.25, 0.3) is 0 Å². The van der Waals surface area contributed by atoms with Gasteiger partial charge in [0.2, 0.25) is 0 Å². The van der Waals surface area contributed by atoms with Gasteiger partial charge < -0.3 is 5.32 Å². The molecule has 2 atom stereocenters. The third-order valence-electron chi connectivity index (χ3n) is 3.31. The second-order valence-corrected chi connectivity index (χ2v) is 3.80. The molecular formula is C11H21N. The molecule has 12 heavy (non-hydrogen) atoms. The van der Waals surface area contributed by atoms with Crippen molar-refractivity contribution in [3.05, 3.63) is 12.2 Å². The van der Waals surface area contributed by atoms with E-state index in [1.165, 1.54) is 24.8 Å². The average Bonchev–Trinajstić information content (AvgIpc) is 2.10. The Morgan fingerprint density at radius 1 is 1.50 bits per heavy atom. The molecule has 1 saturated carbocycles. The van der Waals surface area contributed by atoms with E-state index in [1.807, 2.05) is 0 Å². The van der Waals surface area contributed by atoms with E-state index in [0.29, 0.717) is 5.54 Å². The molecule has 1 fully saturated rings. The minimum Gasteiger partial charge on any atom is -0.308 e. The van der Waals surface area contributed by atoms with Crippen LogP contribution in [-0.2, 0) is 0 Å². The summed E-state index contributed by atoms with van der Waals surface area (Å²) in [6, 6.07) is 0. The molecule has 0 aromatic heterocycles. The number of nitrogens with one attached hydrogen (secondary N) is 1. The molecule has 1 heteroatoms. The summed E-state index contributed by atoms with van der Waals surface area (Å²) in [6.07, 6.45) is 3.74. The van der Waals surface area contributed by atoms with E-state index in [1.54, 1.807) is 0 Å². The van der Waals surface area contributed by atoms with Crippen LogP contribution in [0.15, 0.2) is 12.2 Å². The molecule has 0 aromatic rings. The summed E-state index contributed by atoms with van der Waals surface area (Å²) in [5, 5.41) is 3.56. The Morgan fingerprint density at radius 3 is 2.50 bits per heavy atom. The van der Waals surface area contributed by atoms with Gasteiger partial charge in [0.1, 0.15) is 0 Å². The van der Waals surface area contributed by atoms with Crippen LogP contribution < -0.4 is 5.32 Å². The van der Waals surface area contributed by atoms with E-state index >= 15 is 0 Å². The van der Waals surface area contributed by atoms with Crippen LogP contribution in [0.1, 0.15) is 40.0 Å². The van der Waals surface area contributed by atoms with E-state index in [0.717, 1.165) is 12.5 Å². The first-order valence-corrected chi connectivity index (χ1v) is 5.14. The van der Waals surface area contributed by atoms with Gasteiger partial charge in [-0.1, -0.05) is 32.9 Å². The lowest BCUT2D eigenvalue weighted by atomic mass is 9.62. The Labute approximate surface area is 76.2 Å². The zero-order valence-electron chi connectivity index (χ0n) is 8.61. The Hall–Kier alpha value is -0.300. The molecular weight excluding hydrogens is 146 g/mol. The van der Waals surface area contributed by atoms with Crippen LogP contribution >= 0.6 is 0 Å². The van der Waals surface area contributed by atoms with Gasteiger partial charge in [-0.25, -0.2) is 0 Å². The molecule has 1 aliphatic rings. The van der Waals surface area contributed by atoms with Gasteiger partial charge in [-0.05, 0) is 31.7 Å². The molecule has 0 amide bonds. The lowest BCUT2D eigenvalue weighted by molar-refractivity contribution is 0.197. The first kappa shape index (κ1) is 9.79. The van der Waals surface area contributed by atoms with Gasteiger partial charge in [0, 0.05) is 5.54 Å². The Morgan fingerprint density at radius 2 is 2.17 bits per heavy atom. The quantitative estimate of drug-likeness (QED) is 0.635. The van der Waals surface area contributed by atoms with Crippen molar-refractivity contribution in [2.75, 3.05) is 6.54 Å². The van der Waals surface area contributed by atoms with Gasteiger partial charge >= 0.3 is 0 Å². The van der Waals surface area contributed by atoms with Crippen molar-refractivity contribution in [3.63, 3.8) is 0 Å². The molecule has 0 heterocycles. The lowest BCUT2D eigenvalue weighted by Crippen LogP contribution is -2.56. The molecule has 70 valence electrons. The van der Waals surface area contributed by atoms with Crippen molar-refractivity contribution in [1.29, 1.82) is 0 Å². The Balaban J connectivity index is 2.56. The second kappa shape index (κ2) is 3.61. The fourth-order valence-electron chi connectivity index (χ4n) is 2.35. The van der Waals surface area contributed by atoms with Gasteiger partial charge in [-0.2, -0.15) is 0 Å². The second-order valence-electron chi connectivity index (χ2n) is 3.80. The van der Waals surface area contributed by atoms with Crippen LogP contribution in [-0.4, -0.2) is 12.1 Å². The van der Waals surface area contributed by atoms with Crippen molar-refractivity contribution in [3.8, 4) is 0 Å². The highest BCUT2D eigenvalue weighted by Gasteiger charge is 2.44. The topological polar surface area (TPSA) is 12.0 Å². The number of likely N-dealkylation sites (N-methyl/N-ethyl adjacent to an activating group) is 1. The summed E-state index contributed by atoms with van der Waals surface area (Å²) < 4.78 is 0. The maximum absolute atomic E-state index is 4.19. The van der Waals surface area contributed by atoms with E-state index in [2.05, 4.69) is 32.7 Å². The van der Waals surface area contributed by atoms with E-state index in [-0.39, 0.29) is 0 Å². The minimum absolute atomic E-state index is 0.301. The molecule has 0 aliphatic heterocycles. The van der Waals surface area contributed by atoms with Crippen LogP contribution in [0.4, 0.5) is 0 Å². The standard InChI is InChI=1S/C11H21N/c1-5-10-8-11(6-2,9(10)4)12-7-3/h10,12H,4-8H2,1-3H3. The summed E-state index contributed by atoms with van der Waals surface area (Å²) in [7, 11) is 0. The highest BCUT2D eigenvalue weighted by Crippen LogP contribution is 2.46. The number of rotatable bonds is 4. The molecule has 0 bridgehead atoms. The SMILES string of the molecule is C=C1C(CC)CC1(CC)NCC. The normalized spacial score (nSPS) is 34.9. The van der Waals surface area contributed by atoms with Gasteiger partial charge in [-0.3, -0.25) is 0 Å². The highest BCUT2D eigenvalue weighted by molar-refractivity contribution is 5.29. The molecule has 2 unspecified atom stereocenters. The molecule has 0 radical (unpaired) electrons. The molecule has 1 aliphatic carbocycles. The zero-order valence-corrected chi connectivity index (χ0v) is 8.61. The van der Waals surface area contributed by atoms with Gasteiger partial charge in [0.05, 0.1) is 0 Å². The predicted octanol–water partition coefficient (Wildman–Crippen LogP) is 2.73. The predicted molar refractivity (Wildman–Crippen MR) is 54.2 cm³/mol. The van der Waals surface area contributed by atoms with Crippen molar-refractivity contribution >= 4 is 0 Å². The van der Waals surface area contributed by atoms with Crippen molar-refractivity contribution in [1.82, 2.24) is 5.32 Å². The van der Waals surface area contributed by atoms with E-state index in [9.17, 15) is 0 Å². The maximum atomic E-state index is 4.19. The summed E-state index contributed by atoms with van der Waals surface area (Å²) in [6.45, 7) is 11.9. The number of hydrogen-bond acceptors (Lipinski definition) is 1. The van der Waals surface area contributed by atoms with Crippen LogP contribution in [0.5, 0.6) is 0 Å². The van der Waals surface area contributed by atoms with Crippen LogP contribution in [0.3, 0.4) is 0 Å². The largest absolute Gasteiger partial charge is 0.308 e. The summed E-state index contributed by atoms with van der Waals surface area (Å²) >= 11 is 0. The molecule has 0 spiro atoms. The first-order chi connectivity index (χ1) is 5.70. The molecule has 1 N–H and O–H groups in total. The third-order valence-corrected chi connectivity index (χ3v) is 3.31. The summed E-state index contributed by atoms with van der Waals surface area (Å²) in [5.41, 5.74) is 1.74. The average molecular weight is 167 g/mol. The first-order valence-electron chi connectivity index (χ1n) is 5.14. The van der Waals surface area contributed by atoms with Crippen molar-refractivity contribution in [2.24, 2.45) is 5.92 Å². The molecule has 1 rings (SSSR count). The smallest absolute Gasteiger partial charge is 0.0396 e. The van der Waals surface area contributed by atoms with E-state index in [4.69, 9.17) is 0 Å². The zero-order chi connectivity index (χ0) is 9.19.